The first kappa shape index (κ1) is 8.74. The second-order valence-corrected chi connectivity index (χ2v) is 2.40. The Kier molecular flexibility index (Phi) is 7.52. The summed E-state index contributed by atoms with van der Waals surface area (Å²) in [6, 6.07) is 12.0. The van der Waals surface area contributed by atoms with Crippen molar-refractivity contribution in [1.82, 2.24) is 0 Å². The number of rotatable bonds is 0. The van der Waals surface area contributed by atoms with Crippen molar-refractivity contribution >= 4 is 0 Å². The third kappa shape index (κ3) is 7.74. The Morgan fingerprint density at radius 2 is 0.778 bits per heavy atom. The normalized spacial score (nSPS) is 7.78. The van der Waals surface area contributed by atoms with Gasteiger partial charge in [0.2, 0.25) is 0 Å². The first-order chi connectivity index (χ1) is 4.41. The summed E-state index contributed by atoms with van der Waals surface area (Å²) in [7, 11) is 0. The van der Waals surface area contributed by atoms with Crippen LogP contribution in [0.15, 0.2) is 36.4 Å². The molecule has 0 radical (unpaired) electrons. The zero-order valence-electron chi connectivity index (χ0n) is 5.77. The van der Waals surface area contributed by atoms with Crippen molar-refractivity contribution in [3.8, 4) is 0 Å². The van der Waals surface area contributed by atoms with Crippen LogP contribution >= 0.6 is 0 Å². The largest absolute Gasteiger partial charge is 0.0623 e. The summed E-state index contributed by atoms with van der Waals surface area (Å²) >= 11 is 1.81. The molecule has 0 nitrogen and oxygen atoms in total. The maximum Gasteiger partial charge on any atom is -0.0623 e. The fourth-order valence-electron chi connectivity index (χ4n) is 0.385. The molecule has 0 heterocycles. The Hall–Kier alpha value is -0.261. The van der Waals surface area contributed by atoms with Crippen LogP contribution in [-0.2, 0) is 15.0 Å². The van der Waals surface area contributed by atoms with Crippen LogP contribution in [0.25, 0.3) is 0 Å². The summed E-state index contributed by atoms with van der Waals surface area (Å²) in [6.45, 7) is 0. The van der Waals surface area contributed by atoms with Gasteiger partial charge in [-0.05, 0) is 0 Å². The number of hydrogen-bond donors (Lipinski definition) is 0. The van der Waals surface area contributed by atoms with Gasteiger partial charge in [0.15, 0.2) is 0 Å². The predicted molar refractivity (Wildman–Crippen MR) is 38.2 cm³/mol. The van der Waals surface area contributed by atoms with Gasteiger partial charge < -0.3 is 0 Å². The average Bonchev–Trinajstić information content (AvgIpc) is 1.93. The molecule has 0 atom stereocenters. The van der Waals surface area contributed by atoms with Gasteiger partial charge in [-0.25, -0.2) is 0 Å². The fourth-order valence-corrected chi connectivity index (χ4v) is 0.385. The molecule has 0 bridgehead atoms. The minimum atomic E-state index is 1.81. The van der Waals surface area contributed by atoms with E-state index < -0.39 is 0 Å². The molecule has 0 N–H and O–H groups in total. The molecule has 1 aromatic rings. The topological polar surface area (TPSA) is 0 Å². The van der Waals surface area contributed by atoms with Crippen molar-refractivity contribution in [2.75, 3.05) is 0 Å². The summed E-state index contributed by atoms with van der Waals surface area (Å²) < 4.78 is 0. The molecule has 1 aromatic carbocycles. The van der Waals surface area contributed by atoms with E-state index in [0.29, 0.717) is 0 Å². The molecule has 0 saturated carbocycles. The molecular weight excluding hydrogens is 160 g/mol. The van der Waals surface area contributed by atoms with E-state index in [1.165, 1.54) is 0 Å². The van der Waals surface area contributed by atoms with Crippen molar-refractivity contribution in [1.29, 1.82) is 0 Å². The molecule has 55 valence electrons. The molecular formula is C8H12Cu. The monoisotopic (exact) mass is 171 g/mol. The van der Waals surface area contributed by atoms with Crippen LogP contribution in [0.1, 0.15) is 0 Å². The van der Waals surface area contributed by atoms with Gasteiger partial charge in [-0.15, -0.1) is 0 Å². The van der Waals surface area contributed by atoms with Gasteiger partial charge in [0, 0.05) is 0 Å². The molecule has 0 saturated heterocycles. The zero-order valence-corrected chi connectivity index (χ0v) is 6.71. The van der Waals surface area contributed by atoms with E-state index in [-0.39, 0.29) is 0 Å². The summed E-state index contributed by atoms with van der Waals surface area (Å²) in [5.41, 5.74) is 0. The van der Waals surface area contributed by atoms with Crippen LogP contribution < -0.4 is 0 Å². The van der Waals surface area contributed by atoms with Gasteiger partial charge in [-0.2, -0.15) is 0 Å². The maximum absolute atomic E-state index is 2.03. The van der Waals surface area contributed by atoms with E-state index in [0.717, 1.165) is 0 Å². The molecule has 0 aliphatic carbocycles. The summed E-state index contributed by atoms with van der Waals surface area (Å²) in [5, 5.41) is 0. The minimum absolute atomic E-state index is 1.81. The Labute approximate surface area is 63.4 Å². The summed E-state index contributed by atoms with van der Waals surface area (Å²) in [5.74, 6) is 4.06. The van der Waals surface area contributed by atoms with Crippen molar-refractivity contribution in [2.45, 2.75) is 11.6 Å². The first-order valence-corrected chi connectivity index (χ1v) is 4.49. The van der Waals surface area contributed by atoms with E-state index in [1.54, 1.807) is 0 Å². The van der Waals surface area contributed by atoms with Crippen LogP contribution in [0, 0.1) is 0 Å². The van der Waals surface area contributed by atoms with Crippen LogP contribution in [0.4, 0.5) is 0 Å². The van der Waals surface area contributed by atoms with Crippen LogP contribution in [0.3, 0.4) is 0 Å². The first-order valence-electron chi connectivity index (χ1n) is 2.60. The molecule has 0 aliphatic heterocycles. The minimum Gasteiger partial charge on any atom is -0.0623 e. The van der Waals surface area contributed by atoms with Crippen molar-refractivity contribution in [3.63, 3.8) is 0 Å². The van der Waals surface area contributed by atoms with E-state index in [4.69, 9.17) is 0 Å². The summed E-state index contributed by atoms with van der Waals surface area (Å²) in [6.07, 6.45) is 0. The van der Waals surface area contributed by atoms with Gasteiger partial charge in [-0.3, -0.25) is 0 Å². The van der Waals surface area contributed by atoms with E-state index in [1.807, 2.05) is 63.0 Å². The van der Waals surface area contributed by atoms with Crippen molar-refractivity contribution in [2.24, 2.45) is 0 Å². The molecule has 0 amide bonds. The number of hydrogen-bond acceptors (Lipinski definition) is 0. The van der Waals surface area contributed by atoms with Crippen LogP contribution in [-0.4, -0.2) is 0 Å². The van der Waals surface area contributed by atoms with Crippen LogP contribution in [0.5, 0.6) is 0 Å². The predicted octanol–water partition coefficient (Wildman–Crippen LogP) is 2.85. The molecule has 1 rings (SSSR count). The molecule has 1 heteroatoms. The SMILES string of the molecule is [CH3][Cu][CH3].c1ccccc1. The Bertz CT molecular complexity index is 87.4. The third-order valence-electron chi connectivity index (χ3n) is 0.667. The van der Waals surface area contributed by atoms with Crippen molar-refractivity contribution < 1.29 is 15.0 Å². The van der Waals surface area contributed by atoms with E-state index in [2.05, 4.69) is 0 Å². The standard InChI is InChI=1S/C6H6.2CH3.Cu/c1-2-4-6-5-3-1;;;/h1-6H;2*1H3;. The van der Waals surface area contributed by atoms with E-state index >= 15 is 0 Å². The summed E-state index contributed by atoms with van der Waals surface area (Å²) in [4.78, 5) is 0. The maximum atomic E-state index is 2.03. The average molecular weight is 172 g/mol. The third-order valence-corrected chi connectivity index (χ3v) is 0.667. The Morgan fingerprint density at radius 3 is 0.889 bits per heavy atom. The molecule has 0 aliphatic rings. The van der Waals surface area contributed by atoms with Gasteiger partial charge in [-0.1, -0.05) is 36.4 Å². The molecule has 0 spiro atoms. The van der Waals surface area contributed by atoms with E-state index in [9.17, 15) is 0 Å². The van der Waals surface area contributed by atoms with Crippen LogP contribution in [0.2, 0.25) is 11.6 Å². The molecule has 9 heavy (non-hydrogen) atoms. The molecule has 0 aromatic heterocycles. The van der Waals surface area contributed by atoms with Gasteiger partial charge >= 0.3 is 26.6 Å². The molecule has 0 fully saturated rings. The second kappa shape index (κ2) is 7.74. The van der Waals surface area contributed by atoms with Gasteiger partial charge in [0.05, 0.1) is 0 Å². The fraction of sp³-hybridized carbons (Fsp3) is 0.250. The second-order valence-electron chi connectivity index (χ2n) is 1.46. The zero-order chi connectivity index (χ0) is 6.95. The Balaban J connectivity index is 0.000000187. The Morgan fingerprint density at radius 1 is 0.667 bits per heavy atom. The van der Waals surface area contributed by atoms with Crippen molar-refractivity contribution in [3.05, 3.63) is 36.4 Å². The quantitative estimate of drug-likeness (QED) is 0.527. The molecule has 0 unspecified atom stereocenters. The smallest absolute Gasteiger partial charge is 0.0623 e. The van der Waals surface area contributed by atoms with Gasteiger partial charge in [0.1, 0.15) is 0 Å². The number of benzene rings is 1. The van der Waals surface area contributed by atoms with Gasteiger partial charge in [0.25, 0.3) is 0 Å².